The highest BCUT2D eigenvalue weighted by Crippen LogP contribution is 2.23. The van der Waals surface area contributed by atoms with Gasteiger partial charge in [0.2, 0.25) is 0 Å². The number of aryl methyl sites for hydroxylation is 1. The second-order valence-corrected chi connectivity index (χ2v) is 3.98. The van der Waals surface area contributed by atoms with Crippen LogP contribution in [-0.4, -0.2) is 17.0 Å². The van der Waals surface area contributed by atoms with Gasteiger partial charge >= 0.3 is 0 Å². The highest BCUT2D eigenvalue weighted by molar-refractivity contribution is 5.64. The van der Waals surface area contributed by atoms with Crippen molar-refractivity contribution in [2.24, 2.45) is 0 Å². The molecule has 0 unspecified atom stereocenters. The lowest BCUT2D eigenvalue weighted by Crippen LogP contribution is -2.05. The summed E-state index contributed by atoms with van der Waals surface area (Å²) in [7, 11) is 1.81. The summed E-state index contributed by atoms with van der Waals surface area (Å²) in [5.41, 5.74) is 1.56. The van der Waals surface area contributed by atoms with Gasteiger partial charge in [0.1, 0.15) is 23.3 Å². The average molecular weight is 246 g/mol. The highest BCUT2D eigenvalue weighted by Gasteiger charge is 2.08. The Bertz CT molecular complexity index is 569. The molecular weight excluding hydrogens is 231 g/mol. The third-order valence-corrected chi connectivity index (χ3v) is 2.58. The molecule has 0 bridgehead atoms. The van der Waals surface area contributed by atoms with Crippen LogP contribution in [0.3, 0.4) is 0 Å². The molecule has 0 aliphatic heterocycles. The normalized spacial score (nSPS) is 10.2. The first kappa shape index (κ1) is 12.3. The molecule has 5 heteroatoms. The molecule has 0 radical (unpaired) electrons. The summed E-state index contributed by atoms with van der Waals surface area (Å²) < 4.78 is 13.1. The van der Waals surface area contributed by atoms with Crippen LogP contribution in [0, 0.1) is 19.7 Å². The van der Waals surface area contributed by atoms with E-state index in [-0.39, 0.29) is 5.82 Å². The van der Waals surface area contributed by atoms with Crippen LogP contribution in [0.25, 0.3) is 0 Å². The summed E-state index contributed by atoms with van der Waals surface area (Å²) in [6.07, 6.45) is 0. The molecule has 1 heterocycles. The quantitative estimate of drug-likeness (QED) is 0.874. The Labute approximate surface area is 105 Å². The molecule has 94 valence electrons. The number of nitrogens with zero attached hydrogens (tertiary/aromatic N) is 2. The number of nitrogens with one attached hydrogen (secondary N) is 2. The zero-order valence-electron chi connectivity index (χ0n) is 10.6. The summed E-state index contributed by atoms with van der Waals surface area (Å²) in [6.45, 7) is 3.73. The smallest absolute Gasteiger partial charge is 0.139 e. The monoisotopic (exact) mass is 246 g/mol. The van der Waals surface area contributed by atoms with E-state index < -0.39 is 0 Å². The summed E-state index contributed by atoms with van der Waals surface area (Å²) in [4.78, 5) is 8.60. The number of anilines is 3. The van der Waals surface area contributed by atoms with Crippen molar-refractivity contribution in [3.05, 3.63) is 41.5 Å². The molecule has 0 aliphatic carbocycles. The zero-order chi connectivity index (χ0) is 13.1. The van der Waals surface area contributed by atoms with Gasteiger partial charge in [-0.1, -0.05) is 6.07 Å². The Balaban J connectivity index is 2.37. The molecule has 0 atom stereocenters. The Morgan fingerprint density at radius 2 is 1.83 bits per heavy atom. The summed E-state index contributed by atoms with van der Waals surface area (Å²) in [6, 6.07) is 6.28. The van der Waals surface area contributed by atoms with Crippen molar-refractivity contribution in [1.29, 1.82) is 0 Å². The molecule has 0 saturated heterocycles. The average Bonchev–Trinajstić information content (AvgIpc) is 2.33. The van der Waals surface area contributed by atoms with Gasteiger partial charge < -0.3 is 10.6 Å². The third-order valence-electron chi connectivity index (χ3n) is 2.58. The highest BCUT2D eigenvalue weighted by atomic mass is 19.1. The summed E-state index contributed by atoms with van der Waals surface area (Å²) in [5.74, 6) is 1.82. The minimum atomic E-state index is -0.280. The molecule has 0 spiro atoms. The molecule has 0 fully saturated rings. The van der Waals surface area contributed by atoms with E-state index in [9.17, 15) is 4.39 Å². The van der Waals surface area contributed by atoms with Gasteiger partial charge in [0.25, 0.3) is 0 Å². The topological polar surface area (TPSA) is 49.8 Å². The Kier molecular flexibility index (Phi) is 3.41. The third kappa shape index (κ3) is 2.56. The van der Waals surface area contributed by atoms with Gasteiger partial charge in [0, 0.05) is 18.3 Å². The van der Waals surface area contributed by atoms with Gasteiger partial charge in [-0.2, -0.15) is 0 Å². The predicted octanol–water partition coefficient (Wildman–Crippen LogP) is 3.02. The predicted molar refractivity (Wildman–Crippen MR) is 70.7 cm³/mol. The number of halogens is 1. The molecule has 0 saturated carbocycles. The van der Waals surface area contributed by atoms with Crippen LogP contribution in [-0.2, 0) is 0 Å². The van der Waals surface area contributed by atoms with Gasteiger partial charge in [-0.15, -0.1) is 0 Å². The molecule has 0 amide bonds. The second kappa shape index (κ2) is 5.00. The van der Waals surface area contributed by atoms with E-state index in [1.165, 1.54) is 12.1 Å². The first-order valence-electron chi connectivity index (χ1n) is 5.65. The molecule has 1 aromatic carbocycles. The summed E-state index contributed by atoms with van der Waals surface area (Å²) in [5, 5.41) is 6.11. The maximum absolute atomic E-state index is 13.1. The fourth-order valence-corrected chi connectivity index (χ4v) is 1.70. The van der Waals surface area contributed by atoms with Gasteiger partial charge in [0.15, 0.2) is 0 Å². The van der Waals surface area contributed by atoms with E-state index in [4.69, 9.17) is 0 Å². The maximum atomic E-state index is 13.1. The van der Waals surface area contributed by atoms with Crippen molar-refractivity contribution in [3.63, 3.8) is 0 Å². The minimum Gasteiger partial charge on any atom is -0.373 e. The largest absolute Gasteiger partial charge is 0.373 e. The molecule has 0 aliphatic rings. The Hall–Kier alpha value is -2.17. The van der Waals surface area contributed by atoms with Gasteiger partial charge in [-0.05, 0) is 32.0 Å². The fraction of sp³-hybridized carbons (Fsp3) is 0.231. The molecule has 2 N–H and O–H groups in total. The van der Waals surface area contributed by atoms with E-state index in [1.807, 2.05) is 13.8 Å². The standard InChI is InChI=1S/C13H15FN4/c1-8-12(15-3)16-9(2)17-13(8)18-11-6-4-5-10(14)7-11/h4-7H,1-3H3,(H2,15,16,17,18). The first-order valence-corrected chi connectivity index (χ1v) is 5.65. The van der Waals surface area contributed by atoms with E-state index in [0.717, 1.165) is 11.4 Å². The SMILES string of the molecule is CNc1nc(C)nc(Nc2cccc(F)c2)c1C. The van der Waals surface area contributed by atoms with Crippen molar-refractivity contribution in [3.8, 4) is 0 Å². The molecule has 2 aromatic rings. The van der Waals surface area contributed by atoms with Crippen LogP contribution in [0.5, 0.6) is 0 Å². The van der Waals surface area contributed by atoms with E-state index in [0.29, 0.717) is 17.3 Å². The zero-order valence-corrected chi connectivity index (χ0v) is 10.6. The lowest BCUT2D eigenvalue weighted by atomic mass is 10.2. The van der Waals surface area contributed by atoms with Crippen molar-refractivity contribution in [2.75, 3.05) is 17.7 Å². The number of aromatic nitrogens is 2. The Morgan fingerprint density at radius 1 is 1.11 bits per heavy atom. The van der Waals surface area contributed by atoms with E-state index in [1.54, 1.807) is 19.2 Å². The molecular formula is C13H15FN4. The van der Waals surface area contributed by atoms with Gasteiger partial charge in [-0.3, -0.25) is 0 Å². The van der Waals surface area contributed by atoms with Gasteiger partial charge in [0.05, 0.1) is 0 Å². The number of hydrogen-bond donors (Lipinski definition) is 2. The van der Waals surface area contributed by atoms with Crippen molar-refractivity contribution < 1.29 is 4.39 Å². The maximum Gasteiger partial charge on any atom is 0.139 e. The molecule has 18 heavy (non-hydrogen) atoms. The Morgan fingerprint density at radius 3 is 2.50 bits per heavy atom. The fourth-order valence-electron chi connectivity index (χ4n) is 1.70. The number of hydrogen-bond acceptors (Lipinski definition) is 4. The van der Waals surface area contributed by atoms with E-state index in [2.05, 4.69) is 20.6 Å². The van der Waals surface area contributed by atoms with Crippen LogP contribution in [0.15, 0.2) is 24.3 Å². The van der Waals surface area contributed by atoms with Crippen molar-refractivity contribution in [1.82, 2.24) is 9.97 Å². The molecule has 1 aromatic heterocycles. The van der Waals surface area contributed by atoms with Crippen LogP contribution < -0.4 is 10.6 Å². The molecule has 4 nitrogen and oxygen atoms in total. The first-order chi connectivity index (χ1) is 8.60. The number of benzene rings is 1. The van der Waals surface area contributed by atoms with Crippen LogP contribution >= 0.6 is 0 Å². The van der Waals surface area contributed by atoms with Crippen molar-refractivity contribution in [2.45, 2.75) is 13.8 Å². The van der Waals surface area contributed by atoms with E-state index >= 15 is 0 Å². The van der Waals surface area contributed by atoms with Crippen LogP contribution in [0.1, 0.15) is 11.4 Å². The van der Waals surface area contributed by atoms with Crippen LogP contribution in [0.2, 0.25) is 0 Å². The van der Waals surface area contributed by atoms with Gasteiger partial charge in [-0.25, -0.2) is 14.4 Å². The summed E-state index contributed by atoms with van der Waals surface area (Å²) >= 11 is 0. The van der Waals surface area contributed by atoms with Crippen molar-refractivity contribution >= 4 is 17.3 Å². The minimum absolute atomic E-state index is 0.280. The van der Waals surface area contributed by atoms with Crippen LogP contribution in [0.4, 0.5) is 21.7 Å². The second-order valence-electron chi connectivity index (χ2n) is 3.98. The number of rotatable bonds is 3. The molecule has 2 rings (SSSR count). The lowest BCUT2D eigenvalue weighted by molar-refractivity contribution is 0.628. The lowest BCUT2D eigenvalue weighted by Gasteiger charge is -2.12.